The van der Waals surface area contributed by atoms with Crippen LogP contribution in [-0.2, 0) is 0 Å². The van der Waals surface area contributed by atoms with Crippen molar-refractivity contribution in [3.63, 3.8) is 0 Å². The Hall–Kier alpha value is -2.90. The Balaban J connectivity index is 1.78. The summed E-state index contributed by atoms with van der Waals surface area (Å²) in [6, 6.07) is 13.5. The standard InChI is InChI=1S/C20H18ClN5OS/c1-3-22-20-26(17(13-28-20)18-10-7-11-27-18)23-12-16-14(2)24-25(19(16)21)15-8-5-4-6-9-15/h4-13H,3H2,1-2H3/b22-20?,23-12+. The van der Waals surface area contributed by atoms with Crippen LogP contribution in [0.15, 0.2) is 68.6 Å². The summed E-state index contributed by atoms with van der Waals surface area (Å²) in [5.74, 6) is 0.730. The van der Waals surface area contributed by atoms with E-state index in [0.717, 1.165) is 33.2 Å². The minimum atomic E-state index is 0.511. The molecule has 0 aliphatic heterocycles. The van der Waals surface area contributed by atoms with Crippen molar-refractivity contribution in [1.82, 2.24) is 14.5 Å². The van der Waals surface area contributed by atoms with Crippen molar-refractivity contribution in [1.29, 1.82) is 0 Å². The summed E-state index contributed by atoms with van der Waals surface area (Å²) in [4.78, 5) is 5.31. The van der Waals surface area contributed by atoms with Crippen LogP contribution in [-0.4, -0.2) is 27.2 Å². The zero-order valence-electron chi connectivity index (χ0n) is 15.4. The van der Waals surface area contributed by atoms with Crippen LogP contribution in [0, 0.1) is 6.92 Å². The summed E-state index contributed by atoms with van der Waals surface area (Å²) in [5, 5.41) is 11.7. The summed E-state index contributed by atoms with van der Waals surface area (Å²) < 4.78 is 9.02. The molecule has 3 aromatic heterocycles. The second-order valence-electron chi connectivity index (χ2n) is 5.95. The van der Waals surface area contributed by atoms with Crippen LogP contribution in [0.25, 0.3) is 17.1 Å². The molecular formula is C20H18ClN5OS. The van der Waals surface area contributed by atoms with Gasteiger partial charge in [0.15, 0.2) is 5.76 Å². The molecule has 4 aromatic rings. The van der Waals surface area contributed by atoms with Gasteiger partial charge in [-0.25, -0.2) is 9.36 Å². The molecule has 0 saturated carbocycles. The van der Waals surface area contributed by atoms with E-state index in [0.29, 0.717) is 11.7 Å². The van der Waals surface area contributed by atoms with Crippen molar-refractivity contribution in [3.8, 4) is 17.1 Å². The number of hydrogen-bond donors (Lipinski definition) is 0. The van der Waals surface area contributed by atoms with Gasteiger partial charge in [-0.2, -0.15) is 10.2 Å². The van der Waals surface area contributed by atoms with Crippen molar-refractivity contribution < 1.29 is 4.42 Å². The third-order valence-corrected chi connectivity index (χ3v) is 5.32. The zero-order chi connectivity index (χ0) is 19.5. The van der Waals surface area contributed by atoms with Gasteiger partial charge in [0.2, 0.25) is 4.80 Å². The number of benzene rings is 1. The molecule has 0 aliphatic carbocycles. The first kappa shape index (κ1) is 18.5. The van der Waals surface area contributed by atoms with Gasteiger partial charge in [-0.05, 0) is 38.1 Å². The molecular weight excluding hydrogens is 394 g/mol. The SMILES string of the molecule is CCN=c1scc(-c2ccco2)n1/N=C/c1c(C)nn(-c2ccccc2)c1Cl. The number of aryl methyl sites for hydroxylation is 1. The Labute approximate surface area is 171 Å². The predicted molar refractivity (Wildman–Crippen MR) is 112 cm³/mol. The molecule has 0 unspecified atom stereocenters. The normalized spacial score (nSPS) is 12.3. The highest BCUT2D eigenvalue weighted by molar-refractivity contribution is 7.07. The molecule has 1 aromatic carbocycles. The van der Waals surface area contributed by atoms with E-state index in [2.05, 4.69) is 15.2 Å². The predicted octanol–water partition coefficient (Wildman–Crippen LogP) is 4.76. The molecule has 0 spiro atoms. The fraction of sp³-hybridized carbons (Fsp3) is 0.150. The Bertz CT molecular complexity index is 1170. The van der Waals surface area contributed by atoms with Crippen LogP contribution in [0.3, 0.4) is 0 Å². The van der Waals surface area contributed by atoms with Crippen molar-refractivity contribution in [2.75, 3.05) is 6.54 Å². The number of nitrogens with zero attached hydrogens (tertiary/aromatic N) is 5. The molecule has 0 N–H and O–H groups in total. The number of hydrogen-bond acceptors (Lipinski definition) is 5. The third-order valence-electron chi connectivity index (χ3n) is 4.10. The molecule has 0 saturated heterocycles. The van der Waals surface area contributed by atoms with Crippen LogP contribution in [0.4, 0.5) is 0 Å². The largest absolute Gasteiger partial charge is 0.463 e. The minimum absolute atomic E-state index is 0.511. The molecule has 0 amide bonds. The number of halogens is 1. The first-order valence-electron chi connectivity index (χ1n) is 8.79. The Morgan fingerprint density at radius 1 is 1.21 bits per heavy atom. The quantitative estimate of drug-likeness (QED) is 0.444. The van der Waals surface area contributed by atoms with E-state index in [4.69, 9.17) is 16.0 Å². The van der Waals surface area contributed by atoms with Gasteiger partial charge in [0, 0.05) is 11.9 Å². The Morgan fingerprint density at radius 2 is 2.04 bits per heavy atom. The van der Waals surface area contributed by atoms with Crippen molar-refractivity contribution in [2.24, 2.45) is 10.1 Å². The van der Waals surface area contributed by atoms with Crippen LogP contribution in [0.1, 0.15) is 18.2 Å². The van der Waals surface area contributed by atoms with Crippen molar-refractivity contribution in [2.45, 2.75) is 13.8 Å². The maximum absolute atomic E-state index is 6.61. The van der Waals surface area contributed by atoms with E-state index in [-0.39, 0.29) is 0 Å². The molecule has 3 heterocycles. The molecule has 0 radical (unpaired) electrons. The van der Waals surface area contributed by atoms with Gasteiger partial charge >= 0.3 is 0 Å². The van der Waals surface area contributed by atoms with E-state index in [9.17, 15) is 0 Å². The molecule has 28 heavy (non-hydrogen) atoms. The lowest BCUT2D eigenvalue weighted by atomic mass is 10.3. The lowest BCUT2D eigenvalue weighted by Crippen LogP contribution is -2.12. The average molecular weight is 412 g/mol. The van der Waals surface area contributed by atoms with Gasteiger partial charge < -0.3 is 4.42 Å². The molecule has 0 atom stereocenters. The maximum atomic E-state index is 6.61. The number of aromatic nitrogens is 3. The number of furan rings is 1. The van der Waals surface area contributed by atoms with E-state index >= 15 is 0 Å². The average Bonchev–Trinajstić information content (AvgIpc) is 3.42. The van der Waals surface area contributed by atoms with Crippen LogP contribution in [0.2, 0.25) is 5.15 Å². The lowest BCUT2D eigenvalue weighted by Gasteiger charge is -2.02. The summed E-state index contributed by atoms with van der Waals surface area (Å²) >= 11 is 8.12. The maximum Gasteiger partial charge on any atom is 0.206 e. The smallest absolute Gasteiger partial charge is 0.206 e. The molecule has 0 fully saturated rings. The number of para-hydroxylation sites is 1. The van der Waals surface area contributed by atoms with Gasteiger partial charge in [0.05, 0.1) is 29.4 Å². The van der Waals surface area contributed by atoms with Gasteiger partial charge in [0.1, 0.15) is 10.8 Å². The highest BCUT2D eigenvalue weighted by atomic mass is 35.5. The second-order valence-corrected chi connectivity index (χ2v) is 7.14. The Morgan fingerprint density at radius 3 is 2.75 bits per heavy atom. The fourth-order valence-electron chi connectivity index (χ4n) is 2.76. The molecule has 6 nitrogen and oxygen atoms in total. The van der Waals surface area contributed by atoms with Gasteiger partial charge in [-0.3, -0.25) is 4.99 Å². The minimum Gasteiger partial charge on any atom is -0.463 e. The van der Waals surface area contributed by atoms with Gasteiger partial charge in [-0.1, -0.05) is 29.8 Å². The van der Waals surface area contributed by atoms with E-state index in [1.165, 1.54) is 11.3 Å². The summed E-state index contributed by atoms with van der Waals surface area (Å²) in [5.41, 5.74) is 3.29. The Kier molecular flexibility index (Phi) is 5.27. The van der Waals surface area contributed by atoms with E-state index in [1.54, 1.807) is 21.8 Å². The van der Waals surface area contributed by atoms with E-state index < -0.39 is 0 Å². The molecule has 8 heteroatoms. The second kappa shape index (κ2) is 8.00. The topological polar surface area (TPSA) is 60.6 Å². The number of rotatable bonds is 5. The fourth-order valence-corrected chi connectivity index (χ4v) is 3.97. The van der Waals surface area contributed by atoms with Gasteiger partial charge in [-0.15, -0.1) is 11.3 Å². The van der Waals surface area contributed by atoms with Gasteiger partial charge in [0.25, 0.3) is 0 Å². The van der Waals surface area contributed by atoms with Crippen LogP contribution >= 0.6 is 22.9 Å². The van der Waals surface area contributed by atoms with Crippen LogP contribution in [0.5, 0.6) is 0 Å². The molecule has 4 rings (SSSR count). The summed E-state index contributed by atoms with van der Waals surface area (Å²) in [6.45, 7) is 4.57. The third kappa shape index (κ3) is 3.46. The van der Waals surface area contributed by atoms with Crippen LogP contribution < -0.4 is 4.80 Å². The molecule has 142 valence electrons. The first-order valence-corrected chi connectivity index (χ1v) is 10.0. The first-order chi connectivity index (χ1) is 13.7. The van der Waals surface area contributed by atoms with Crippen molar-refractivity contribution in [3.05, 3.63) is 75.3 Å². The lowest BCUT2D eigenvalue weighted by molar-refractivity contribution is 0.575. The highest BCUT2D eigenvalue weighted by Gasteiger charge is 2.14. The van der Waals surface area contributed by atoms with Crippen molar-refractivity contribution >= 4 is 29.2 Å². The summed E-state index contributed by atoms with van der Waals surface area (Å²) in [6.07, 6.45) is 3.36. The van der Waals surface area contributed by atoms with E-state index in [1.807, 2.05) is 61.7 Å². The highest BCUT2D eigenvalue weighted by Crippen LogP contribution is 2.23. The number of thiazole rings is 1. The zero-order valence-corrected chi connectivity index (χ0v) is 17.0. The molecule has 0 aliphatic rings. The monoisotopic (exact) mass is 411 g/mol. The molecule has 0 bridgehead atoms. The summed E-state index contributed by atoms with van der Waals surface area (Å²) in [7, 11) is 0.